The van der Waals surface area contributed by atoms with Crippen molar-refractivity contribution in [2.75, 3.05) is 23.8 Å². The van der Waals surface area contributed by atoms with Crippen LogP contribution in [-0.4, -0.2) is 69.4 Å². The Morgan fingerprint density at radius 2 is 2.24 bits per heavy atom. The number of ether oxygens (including phenoxy) is 2. The minimum atomic E-state index is -1.68. The van der Waals surface area contributed by atoms with Crippen molar-refractivity contribution in [3.05, 3.63) is 11.9 Å². The number of aliphatic hydroxyl groups excluding tert-OH is 1. The van der Waals surface area contributed by atoms with E-state index in [1.54, 1.807) is 18.7 Å². The van der Waals surface area contributed by atoms with Gasteiger partial charge in [0.1, 0.15) is 35.7 Å². The van der Waals surface area contributed by atoms with Gasteiger partial charge in [0.05, 0.1) is 18.1 Å². The number of carbonyl (C=O) groups is 1. The molecule has 0 bridgehead atoms. The Bertz CT molecular complexity index is 824. The number of nitrogens with two attached hydrogens (primary N) is 2. The van der Waals surface area contributed by atoms with Crippen LogP contribution in [0, 0.1) is 18.3 Å². The van der Waals surface area contributed by atoms with Crippen LogP contribution in [0.25, 0.3) is 0 Å². The predicted molar refractivity (Wildman–Crippen MR) is 104 cm³/mol. The molecule has 0 spiro atoms. The lowest BCUT2D eigenvalue weighted by atomic mass is 9.95. The van der Waals surface area contributed by atoms with Crippen LogP contribution in [0.4, 0.5) is 11.6 Å². The Balaban J connectivity index is 1.92. The Morgan fingerprint density at radius 3 is 2.83 bits per heavy atom. The van der Waals surface area contributed by atoms with E-state index in [0.717, 1.165) is 0 Å². The molecule has 0 aromatic carbocycles. The molecule has 0 amide bonds. The van der Waals surface area contributed by atoms with E-state index in [1.165, 1.54) is 13.3 Å². The molecule has 6 N–H and O–H groups in total. The molecule has 10 heteroatoms. The number of hydrogen-bond acceptors (Lipinski definition) is 10. The fourth-order valence-corrected chi connectivity index (χ4v) is 3.77. The number of nitrogen functional groups attached to an aromatic ring is 1. The molecular formula is C19H27N5O5. The van der Waals surface area contributed by atoms with E-state index in [-0.39, 0.29) is 18.3 Å². The third-order valence-electron chi connectivity index (χ3n) is 5.51. The van der Waals surface area contributed by atoms with Gasteiger partial charge < -0.3 is 36.1 Å². The fraction of sp³-hybridized carbons (Fsp3) is 0.632. The van der Waals surface area contributed by atoms with Gasteiger partial charge in [-0.1, -0.05) is 19.8 Å². The van der Waals surface area contributed by atoms with Gasteiger partial charge in [-0.05, 0) is 12.8 Å². The van der Waals surface area contributed by atoms with E-state index in [1.807, 2.05) is 0 Å². The fourth-order valence-electron chi connectivity index (χ4n) is 3.77. The van der Waals surface area contributed by atoms with E-state index in [2.05, 4.69) is 15.9 Å². The number of terminal acetylenes is 1. The molecule has 1 aromatic heterocycles. The lowest BCUT2D eigenvalue weighted by molar-refractivity contribution is -0.165. The van der Waals surface area contributed by atoms with Crippen molar-refractivity contribution in [2.24, 2.45) is 11.7 Å². The highest BCUT2D eigenvalue weighted by Gasteiger charge is 2.59. The molecule has 1 fully saturated rings. The number of aromatic nitrogens is 2. The topological polar surface area (TPSA) is 157 Å². The number of nitrogens with zero attached hydrogens (tertiary/aromatic N) is 3. The number of rotatable bonds is 5. The van der Waals surface area contributed by atoms with Crippen molar-refractivity contribution < 1.29 is 24.5 Å². The first-order chi connectivity index (χ1) is 13.6. The molecule has 10 nitrogen and oxygen atoms in total. The SMILES string of the molecule is C#CC1CN(C2OC(CO)C(OC(=O)C(N)C(C)C)[C@@]2(C)O)c2ncnc(N)c21. The van der Waals surface area contributed by atoms with Crippen LogP contribution < -0.4 is 16.4 Å². The molecule has 0 aliphatic carbocycles. The van der Waals surface area contributed by atoms with Crippen molar-refractivity contribution in [3.8, 4) is 12.3 Å². The second-order valence-electron chi connectivity index (χ2n) is 7.93. The lowest BCUT2D eigenvalue weighted by Crippen LogP contribution is -2.55. The number of carbonyl (C=O) groups excluding carboxylic acids is 1. The molecule has 3 rings (SSSR count). The Kier molecular flexibility index (Phi) is 5.69. The summed E-state index contributed by atoms with van der Waals surface area (Å²) in [4.78, 5) is 22.3. The van der Waals surface area contributed by atoms with Gasteiger partial charge in [0.15, 0.2) is 12.3 Å². The number of anilines is 2. The summed E-state index contributed by atoms with van der Waals surface area (Å²) in [6.45, 7) is 4.85. The van der Waals surface area contributed by atoms with Gasteiger partial charge in [0.2, 0.25) is 0 Å². The highest BCUT2D eigenvalue weighted by molar-refractivity contribution is 5.76. The molecule has 2 aliphatic heterocycles. The molecule has 158 valence electrons. The quantitative estimate of drug-likeness (QED) is 0.352. The highest BCUT2D eigenvalue weighted by Crippen LogP contribution is 2.44. The van der Waals surface area contributed by atoms with Gasteiger partial charge in [0, 0.05) is 6.54 Å². The van der Waals surface area contributed by atoms with Crippen LogP contribution >= 0.6 is 0 Å². The van der Waals surface area contributed by atoms with E-state index in [4.69, 9.17) is 27.4 Å². The second-order valence-corrected chi connectivity index (χ2v) is 7.93. The van der Waals surface area contributed by atoms with Crippen LogP contribution in [-0.2, 0) is 14.3 Å². The van der Waals surface area contributed by atoms with Crippen LogP contribution in [0.5, 0.6) is 0 Å². The largest absolute Gasteiger partial charge is 0.455 e. The van der Waals surface area contributed by atoms with E-state index in [9.17, 15) is 15.0 Å². The third-order valence-corrected chi connectivity index (χ3v) is 5.51. The molecule has 6 atom stereocenters. The molecule has 1 saturated heterocycles. The number of hydrogen-bond donors (Lipinski definition) is 4. The molecule has 3 heterocycles. The van der Waals surface area contributed by atoms with Gasteiger partial charge in [-0.15, -0.1) is 6.42 Å². The van der Waals surface area contributed by atoms with Crippen molar-refractivity contribution in [1.82, 2.24) is 9.97 Å². The average Bonchev–Trinajstić information content (AvgIpc) is 3.16. The summed E-state index contributed by atoms with van der Waals surface area (Å²) in [7, 11) is 0. The maximum atomic E-state index is 12.4. The van der Waals surface area contributed by atoms with Crippen molar-refractivity contribution in [1.29, 1.82) is 0 Å². The predicted octanol–water partition coefficient (Wildman–Crippen LogP) is -1.04. The molecular weight excluding hydrogens is 378 g/mol. The number of aliphatic hydroxyl groups is 2. The zero-order valence-corrected chi connectivity index (χ0v) is 16.6. The van der Waals surface area contributed by atoms with Gasteiger partial charge in [-0.3, -0.25) is 4.79 Å². The number of fused-ring (bicyclic) bond motifs is 1. The molecule has 2 aliphatic rings. The first kappa shape index (κ1) is 21.3. The summed E-state index contributed by atoms with van der Waals surface area (Å²) in [5.41, 5.74) is 10.7. The number of esters is 1. The average molecular weight is 405 g/mol. The monoisotopic (exact) mass is 405 g/mol. The summed E-state index contributed by atoms with van der Waals surface area (Å²) in [6, 6.07) is -0.866. The second kappa shape index (κ2) is 7.76. The molecule has 0 saturated carbocycles. The maximum Gasteiger partial charge on any atom is 0.323 e. The van der Waals surface area contributed by atoms with E-state index in [0.29, 0.717) is 11.4 Å². The van der Waals surface area contributed by atoms with Crippen LogP contribution in [0.2, 0.25) is 0 Å². The van der Waals surface area contributed by atoms with Crippen molar-refractivity contribution >= 4 is 17.6 Å². The summed E-state index contributed by atoms with van der Waals surface area (Å²) < 4.78 is 11.4. The standard InChI is InChI=1S/C19H27N5O5/c1-5-10-6-24(16-12(10)15(21)22-8-23-16)18-19(4,27)14(11(7-25)28-18)29-17(26)13(20)9(2)3/h1,8-11,13-14,18,25,27H,6-7,20H2,2-4H3,(H2,21,22,23)/t10?,11?,13?,14?,18?,19-/m1/s1. The highest BCUT2D eigenvalue weighted by atomic mass is 16.6. The minimum absolute atomic E-state index is 0.153. The van der Waals surface area contributed by atoms with Gasteiger partial charge >= 0.3 is 5.97 Å². The lowest BCUT2D eigenvalue weighted by Gasteiger charge is -2.35. The van der Waals surface area contributed by atoms with Crippen molar-refractivity contribution in [2.45, 2.75) is 56.8 Å². The van der Waals surface area contributed by atoms with Crippen LogP contribution in [0.3, 0.4) is 0 Å². The Labute approximate surface area is 169 Å². The zero-order chi connectivity index (χ0) is 21.5. The van der Waals surface area contributed by atoms with Gasteiger partial charge in [0.25, 0.3) is 0 Å². The van der Waals surface area contributed by atoms with E-state index < -0.39 is 48.6 Å². The maximum absolute atomic E-state index is 12.4. The first-order valence-electron chi connectivity index (χ1n) is 9.41. The summed E-state index contributed by atoms with van der Waals surface area (Å²) in [6.07, 6.45) is 3.86. The summed E-state index contributed by atoms with van der Waals surface area (Å²) in [5, 5.41) is 21.0. The Morgan fingerprint density at radius 1 is 1.55 bits per heavy atom. The Hall–Kier alpha value is -2.45. The molecule has 5 unspecified atom stereocenters. The van der Waals surface area contributed by atoms with Gasteiger partial charge in [-0.2, -0.15) is 0 Å². The van der Waals surface area contributed by atoms with Crippen LogP contribution in [0.15, 0.2) is 6.33 Å². The third kappa shape index (κ3) is 3.51. The molecule has 1 aromatic rings. The molecule has 0 radical (unpaired) electrons. The van der Waals surface area contributed by atoms with Crippen LogP contribution in [0.1, 0.15) is 32.3 Å². The zero-order valence-electron chi connectivity index (χ0n) is 16.6. The van der Waals surface area contributed by atoms with Gasteiger partial charge in [-0.25, -0.2) is 9.97 Å². The van der Waals surface area contributed by atoms with E-state index >= 15 is 0 Å². The first-order valence-corrected chi connectivity index (χ1v) is 9.41. The normalized spacial score (nSPS) is 32.1. The summed E-state index contributed by atoms with van der Waals surface area (Å²) in [5.74, 6) is 2.11. The summed E-state index contributed by atoms with van der Waals surface area (Å²) >= 11 is 0. The molecule has 29 heavy (non-hydrogen) atoms. The minimum Gasteiger partial charge on any atom is -0.455 e. The van der Waals surface area contributed by atoms with Crippen molar-refractivity contribution in [3.63, 3.8) is 0 Å². The smallest absolute Gasteiger partial charge is 0.323 e.